The van der Waals surface area contributed by atoms with Gasteiger partial charge in [0.05, 0.1) is 11.9 Å². The van der Waals surface area contributed by atoms with Crippen molar-refractivity contribution < 1.29 is 0 Å². The van der Waals surface area contributed by atoms with Crippen molar-refractivity contribution >= 4 is 5.69 Å². The summed E-state index contributed by atoms with van der Waals surface area (Å²) in [7, 11) is 0. The van der Waals surface area contributed by atoms with E-state index in [1.807, 2.05) is 30.3 Å². The molecule has 0 radical (unpaired) electrons. The highest BCUT2D eigenvalue weighted by molar-refractivity contribution is 5.47. The van der Waals surface area contributed by atoms with Crippen molar-refractivity contribution in [3.8, 4) is 6.07 Å². The summed E-state index contributed by atoms with van der Waals surface area (Å²) in [6, 6.07) is 16.5. The third-order valence-corrected chi connectivity index (χ3v) is 3.01. The molecule has 2 rings (SSSR count). The van der Waals surface area contributed by atoms with Gasteiger partial charge in [0.1, 0.15) is 11.8 Å². The van der Waals surface area contributed by atoms with Gasteiger partial charge < -0.3 is 4.90 Å². The molecule has 0 spiro atoms. The van der Waals surface area contributed by atoms with Gasteiger partial charge in [-0.05, 0) is 31.5 Å². The van der Waals surface area contributed by atoms with Crippen LogP contribution in [0.15, 0.2) is 48.7 Å². The maximum Gasteiger partial charge on any atom is 0.140 e. The van der Waals surface area contributed by atoms with Crippen molar-refractivity contribution in [1.29, 1.82) is 5.26 Å². The van der Waals surface area contributed by atoms with Crippen LogP contribution in [0.25, 0.3) is 0 Å². The first-order valence-electron chi connectivity index (χ1n) is 6.37. The van der Waals surface area contributed by atoms with Gasteiger partial charge in [-0.25, -0.2) is 4.98 Å². The van der Waals surface area contributed by atoms with Crippen molar-refractivity contribution in [2.75, 3.05) is 4.90 Å². The number of nitriles is 1. The molecule has 0 amide bonds. The van der Waals surface area contributed by atoms with Crippen LogP contribution in [-0.4, -0.2) is 11.0 Å². The molecule has 0 aliphatic heterocycles. The highest BCUT2D eigenvalue weighted by Gasteiger charge is 2.11. The summed E-state index contributed by atoms with van der Waals surface area (Å²) in [4.78, 5) is 6.41. The maximum absolute atomic E-state index is 8.79. The summed E-state index contributed by atoms with van der Waals surface area (Å²) in [5.74, 6) is 0. The molecule has 0 saturated carbocycles. The lowest BCUT2D eigenvalue weighted by Gasteiger charge is -2.28. The molecule has 0 bridgehead atoms. The van der Waals surface area contributed by atoms with E-state index in [1.165, 1.54) is 5.56 Å². The molecule has 0 saturated heterocycles. The lowest BCUT2D eigenvalue weighted by Crippen LogP contribution is -2.30. The SMILES string of the molecule is CC(C)N(Cc1ccccc1)c1ccc(C#N)nc1. The largest absolute Gasteiger partial charge is 0.364 e. The van der Waals surface area contributed by atoms with Crippen LogP contribution < -0.4 is 4.90 Å². The number of hydrogen-bond acceptors (Lipinski definition) is 3. The number of aromatic nitrogens is 1. The summed E-state index contributed by atoms with van der Waals surface area (Å²) in [6.07, 6.45) is 1.77. The van der Waals surface area contributed by atoms with Crippen LogP contribution >= 0.6 is 0 Å². The van der Waals surface area contributed by atoms with E-state index in [1.54, 1.807) is 12.3 Å². The predicted molar refractivity (Wildman–Crippen MR) is 76.7 cm³/mol. The molecule has 3 heteroatoms. The third-order valence-electron chi connectivity index (χ3n) is 3.01. The third kappa shape index (κ3) is 3.32. The van der Waals surface area contributed by atoms with Crippen molar-refractivity contribution in [1.82, 2.24) is 4.98 Å². The van der Waals surface area contributed by atoms with E-state index < -0.39 is 0 Å². The van der Waals surface area contributed by atoms with Gasteiger partial charge in [-0.15, -0.1) is 0 Å². The smallest absolute Gasteiger partial charge is 0.140 e. The average molecular weight is 251 g/mol. The van der Waals surface area contributed by atoms with E-state index in [0.29, 0.717) is 11.7 Å². The van der Waals surface area contributed by atoms with E-state index in [2.05, 4.69) is 35.9 Å². The van der Waals surface area contributed by atoms with Crippen LogP contribution in [0, 0.1) is 11.3 Å². The highest BCUT2D eigenvalue weighted by Crippen LogP contribution is 2.19. The molecular formula is C16H17N3. The van der Waals surface area contributed by atoms with Crippen molar-refractivity contribution in [2.45, 2.75) is 26.4 Å². The number of rotatable bonds is 4. The molecule has 0 atom stereocenters. The van der Waals surface area contributed by atoms with E-state index in [9.17, 15) is 0 Å². The minimum atomic E-state index is 0.370. The lowest BCUT2D eigenvalue weighted by atomic mass is 10.1. The Kier molecular flexibility index (Phi) is 4.15. The van der Waals surface area contributed by atoms with Crippen LogP contribution in [-0.2, 0) is 6.54 Å². The summed E-state index contributed by atoms with van der Waals surface area (Å²) in [6.45, 7) is 5.15. The Morgan fingerprint density at radius 2 is 1.89 bits per heavy atom. The molecule has 0 fully saturated rings. The van der Waals surface area contributed by atoms with E-state index in [0.717, 1.165) is 12.2 Å². The summed E-state index contributed by atoms with van der Waals surface area (Å²) in [5.41, 5.74) is 2.76. The normalized spacial score (nSPS) is 10.2. The van der Waals surface area contributed by atoms with E-state index in [-0.39, 0.29) is 0 Å². The summed E-state index contributed by atoms with van der Waals surface area (Å²) < 4.78 is 0. The molecule has 19 heavy (non-hydrogen) atoms. The zero-order valence-electron chi connectivity index (χ0n) is 11.2. The van der Waals surface area contributed by atoms with Crippen molar-refractivity contribution in [3.05, 3.63) is 59.9 Å². The van der Waals surface area contributed by atoms with Crippen LogP contribution in [0.2, 0.25) is 0 Å². The molecule has 0 N–H and O–H groups in total. The number of anilines is 1. The molecule has 2 aromatic rings. The quantitative estimate of drug-likeness (QED) is 0.836. The monoisotopic (exact) mass is 251 g/mol. The number of pyridine rings is 1. The van der Waals surface area contributed by atoms with Gasteiger partial charge in [0.25, 0.3) is 0 Å². The molecular weight excluding hydrogens is 234 g/mol. The Labute approximate surface area is 114 Å². The lowest BCUT2D eigenvalue weighted by molar-refractivity contribution is 0.681. The molecule has 0 aliphatic carbocycles. The fraction of sp³-hybridized carbons (Fsp3) is 0.250. The first-order valence-corrected chi connectivity index (χ1v) is 6.37. The zero-order valence-corrected chi connectivity index (χ0v) is 11.2. The van der Waals surface area contributed by atoms with Crippen LogP contribution in [0.1, 0.15) is 25.1 Å². The fourth-order valence-corrected chi connectivity index (χ4v) is 1.97. The standard InChI is InChI=1S/C16H17N3/c1-13(2)19(12-14-6-4-3-5-7-14)16-9-8-15(10-17)18-11-16/h3-9,11,13H,12H2,1-2H3. The maximum atomic E-state index is 8.79. The van der Waals surface area contributed by atoms with Crippen LogP contribution in [0.4, 0.5) is 5.69 Å². The van der Waals surface area contributed by atoms with Gasteiger partial charge in [-0.3, -0.25) is 0 Å². The predicted octanol–water partition coefficient (Wildman–Crippen LogP) is 3.37. The molecule has 1 aromatic heterocycles. The second-order valence-electron chi connectivity index (χ2n) is 4.72. The second kappa shape index (κ2) is 6.01. The highest BCUT2D eigenvalue weighted by atomic mass is 15.2. The van der Waals surface area contributed by atoms with Gasteiger partial charge >= 0.3 is 0 Å². The minimum absolute atomic E-state index is 0.370. The van der Waals surface area contributed by atoms with Gasteiger partial charge in [0.2, 0.25) is 0 Å². The Balaban J connectivity index is 2.22. The molecule has 0 unspecified atom stereocenters. The summed E-state index contributed by atoms with van der Waals surface area (Å²) in [5, 5.41) is 8.79. The number of benzene rings is 1. The Hall–Kier alpha value is -2.34. The molecule has 1 aromatic carbocycles. The first kappa shape index (κ1) is 13.1. The van der Waals surface area contributed by atoms with Crippen molar-refractivity contribution in [2.24, 2.45) is 0 Å². The minimum Gasteiger partial charge on any atom is -0.364 e. The van der Waals surface area contributed by atoms with E-state index in [4.69, 9.17) is 5.26 Å². The van der Waals surface area contributed by atoms with Gasteiger partial charge in [0.15, 0.2) is 0 Å². The number of nitrogens with zero attached hydrogens (tertiary/aromatic N) is 3. The van der Waals surface area contributed by atoms with Gasteiger partial charge in [-0.2, -0.15) is 5.26 Å². The molecule has 96 valence electrons. The molecule has 3 nitrogen and oxygen atoms in total. The van der Waals surface area contributed by atoms with Gasteiger partial charge in [-0.1, -0.05) is 30.3 Å². The van der Waals surface area contributed by atoms with Crippen molar-refractivity contribution in [3.63, 3.8) is 0 Å². The topological polar surface area (TPSA) is 39.9 Å². The first-order chi connectivity index (χ1) is 9.20. The molecule has 1 heterocycles. The Morgan fingerprint density at radius 3 is 2.42 bits per heavy atom. The van der Waals surface area contributed by atoms with Crippen LogP contribution in [0.5, 0.6) is 0 Å². The fourth-order valence-electron chi connectivity index (χ4n) is 1.97. The zero-order chi connectivity index (χ0) is 13.7. The van der Waals surface area contributed by atoms with E-state index >= 15 is 0 Å². The molecule has 0 aliphatic rings. The second-order valence-corrected chi connectivity index (χ2v) is 4.72. The number of hydrogen-bond donors (Lipinski definition) is 0. The van der Waals surface area contributed by atoms with Crippen LogP contribution in [0.3, 0.4) is 0 Å². The Morgan fingerprint density at radius 1 is 1.16 bits per heavy atom. The summed E-state index contributed by atoms with van der Waals surface area (Å²) >= 11 is 0. The average Bonchev–Trinajstić information content (AvgIpc) is 2.46. The Bertz CT molecular complexity index is 553. The van der Waals surface area contributed by atoms with Gasteiger partial charge in [0, 0.05) is 12.6 Å².